The third-order valence-corrected chi connectivity index (χ3v) is 3.45. The summed E-state index contributed by atoms with van der Waals surface area (Å²) in [6.45, 7) is 0.595. The van der Waals surface area contributed by atoms with Crippen LogP contribution in [0.4, 0.5) is 0 Å². The SMILES string of the molecule is O=C(NC1(C(=O)O)CCC1)C1CCCCO1. The van der Waals surface area contributed by atoms with Crippen LogP contribution < -0.4 is 5.32 Å². The maximum atomic E-state index is 11.8. The number of rotatable bonds is 3. The molecule has 2 fully saturated rings. The molecule has 1 heterocycles. The monoisotopic (exact) mass is 227 g/mol. The lowest BCUT2D eigenvalue weighted by Gasteiger charge is -2.39. The highest BCUT2D eigenvalue weighted by molar-refractivity contribution is 5.89. The second-order valence-corrected chi connectivity index (χ2v) is 4.59. The number of hydrogen-bond acceptors (Lipinski definition) is 3. The summed E-state index contributed by atoms with van der Waals surface area (Å²) in [7, 11) is 0. The zero-order valence-corrected chi connectivity index (χ0v) is 9.20. The second kappa shape index (κ2) is 4.41. The largest absolute Gasteiger partial charge is 0.480 e. The summed E-state index contributed by atoms with van der Waals surface area (Å²) >= 11 is 0. The van der Waals surface area contributed by atoms with Crippen molar-refractivity contribution in [3.8, 4) is 0 Å². The van der Waals surface area contributed by atoms with Crippen molar-refractivity contribution in [1.29, 1.82) is 0 Å². The van der Waals surface area contributed by atoms with E-state index >= 15 is 0 Å². The number of ether oxygens (including phenoxy) is 1. The molecule has 90 valence electrons. The van der Waals surface area contributed by atoms with Crippen LogP contribution in [0.2, 0.25) is 0 Å². The molecule has 5 heteroatoms. The maximum Gasteiger partial charge on any atom is 0.329 e. The third kappa shape index (κ3) is 2.04. The van der Waals surface area contributed by atoms with Gasteiger partial charge in [0.2, 0.25) is 5.91 Å². The summed E-state index contributed by atoms with van der Waals surface area (Å²) < 4.78 is 5.33. The van der Waals surface area contributed by atoms with Gasteiger partial charge in [-0.2, -0.15) is 0 Å². The van der Waals surface area contributed by atoms with Crippen LogP contribution in [-0.4, -0.2) is 35.2 Å². The molecule has 0 radical (unpaired) electrons. The summed E-state index contributed by atoms with van der Waals surface area (Å²) in [5.41, 5.74) is -1.02. The highest BCUT2D eigenvalue weighted by atomic mass is 16.5. The Morgan fingerprint density at radius 1 is 1.25 bits per heavy atom. The number of carbonyl (C=O) groups is 2. The Hall–Kier alpha value is -1.10. The molecule has 0 aromatic heterocycles. The Balaban J connectivity index is 1.92. The van der Waals surface area contributed by atoms with Gasteiger partial charge in [-0.15, -0.1) is 0 Å². The fraction of sp³-hybridized carbons (Fsp3) is 0.818. The normalized spacial score (nSPS) is 27.9. The van der Waals surface area contributed by atoms with Crippen molar-refractivity contribution in [2.45, 2.75) is 50.2 Å². The average Bonchev–Trinajstić information content (AvgIpc) is 2.24. The summed E-state index contributed by atoms with van der Waals surface area (Å²) in [5, 5.41) is 11.7. The van der Waals surface area contributed by atoms with Crippen molar-refractivity contribution in [3.05, 3.63) is 0 Å². The summed E-state index contributed by atoms with van der Waals surface area (Å²) in [6.07, 6.45) is 4.11. The van der Waals surface area contributed by atoms with Crippen molar-refractivity contribution in [1.82, 2.24) is 5.32 Å². The van der Waals surface area contributed by atoms with Gasteiger partial charge < -0.3 is 15.2 Å². The van der Waals surface area contributed by atoms with Crippen molar-refractivity contribution >= 4 is 11.9 Å². The standard InChI is InChI=1S/C11H17NO4/c13-9(8-4-1-2-7-16-8)12-11(10(14)15)5-3-6-11/h8H,1-7H2,(H,12,13)(H,14,15). The Bertz CT molecular complexity index is 292. The van der Waals surface area contributed by atoms with Crippen LogP contribution in [0.25, 0.3) is 0 Å². The molecule has 1 aliphatic heterocycles. The molecule has 0 bridgehead atoms. The van der Waals surface area contributed by atoms with E-state index in [9.17, 15) is 9.59 Å². The molecule has 2 rings (SSSR count). The van der Waals surface area contributed by atoms with Crippen LogP contribution in [0.15, 0.2) is 0 Å². The van der Waals surface area contributed by atoms with Gasteiger partial charge in [-0.3, -0.25) is 4.79 Å². The molecule has 1 saturated carbocycles. The molecular formula is C11H17NO4. The van der Waals surface area contributed by atoms with Crippen LogP contribution in [0.5, 0.6) is 0 Å². The van der Waals surface area contributed by atoms with E-state index in [1.165, 1.54) is 0 Å². The predicted molar refractivity (Wildman–Crippen MR) is 56.0 cm³/mol. The second-order valence-electron chi connectivity index (χ2n) is 4.59. The molecule has 16 heavy (non-hydrogen) atoms. The first-order chi connectivity index (χ1) is 7.64. The fourth-order valence-corrected chi connectivity index (χ4v) is 2.19. The van der Waals surface area contributed by atoms with E-state index in [1.54, 1.807) is 0 Å². The van der Waals surface area contributed by atoms with Crippen LogP contribution in [0.1, 0.15) is 38.5 Å². The van der Waals surface area contributed by atoms with Gasteiger partial charge in [0.25, 0.3) is 0 Å². The number of carbonyl (C=O) groups excluding carboxylic acids is 1. The molecule has 0 spiro atoms. The quantitative estimate of drug-likeness (QED) is 0.743. The van der Waals surface area contributed by atoms with Gasteiger partial charge in [0.05, 0.1) is 0 Å². The fourth-order valence-electron chi connectivity index (χ4n) is 2.19. The van der Waals surface area contributed by atoms with Crippen LogP contribution in [0.3, 0.4) is 0 Å². The third-order valence-electron chi connectivity index (χ3n) is 3.45. The molecule has 1 saturated heterocycles. The molecule has 1 unspecified atom stereocenters. The maximum absolute atomic E-state index is 11.8. The summed E-state index contributed by atoms with van der Waals surface area (Å²) in [6, 6.07) is 0. The highest BCUT2D eigenvalue weighted by Crippen LogP contribution is 2.32. The minimum atomic E-state index is -1.02. The van der Waals surface area contributed by atoms with E-state index in [2.05, 4.69) is 5.32 Å². The first-order valence-electron chi connectivity index (χ1n) is 5.81. The van der Waals surface area contributed by atoms with E-state index in [-0.39, 0.29) is 5.91 Å². The molecule has 5 nitrogen and oxygen atoms in total. The van der Waals surface area contributed by atoms with Crippen LogP contribution in [-0.2, 0) is 14.3 Å². The lowest BCUT2D eigenvalue weighted by Crippen LogP contribution is -2.61. The van der Waals surface area contributed by atoms with Gasteiger partial charge in [0, 0.05) is 6.61 Å². The van der Waals surface area contributed by atoms with Crippen molar-refractivity contribution < 1.29 is 19.4 Å². The molecule has 1 amide bonds. The van der Waals surface area contributed by atoms with E-state index < -0.39 is 17.6 Å². The van der Waals surface area contributed by atoms with Crippen LogP contribution >= 0.6 is 0 Å². The summed E-state index contributed by atoms with van der Waals surface area (Å²) in [4.78, 5) is 22.9. The van der Waals surface area contributed by atoms with E-state index in [4.69, 9.17) is 9.84 Å². The Labute approximate surface area is 94.2 Å². The minimum Gasteiger partial charge on any atom is -0.480 e. The number of aliphatic carboxylic acids is 1. The smallest absolute Gasteiger partial charge is 0.329 e. The zero-order valence-electron chi connectivity index (χ0n) is 9.20. The molecule has 0 aromatic rings. The lowest BCUT2D eigenvalue weighted by atomic mass is 9.76. The Morgan fingerprint density at radius 2 is 2.00 bits per heavy atom. The molecule has 1 atom stereocenters. The number of carboxylic acid groups (broad SMARTS) is 1. The van der Waals surface area contributed by atoms with E-state index in [0.717, 1.165) is 19.3 Å². The number of amides is 1. The number of nitrogens with one attached hydrogen (secondary N) is 1. The molecule has 2 N–H and O–H groups in total. The zero-order chi connectivity index (χ0) is 11.6. The average molecular weight is 227 g/mol. The van der Waals surface area contributed by atoms with Gasteiger partial charge in [-0.1, -0.05) is 0 Å². The number of carboxylic acids is 1. The molecule has 1 aliphatic carbocycles. The van der Waals surface area contributed by atoms with Gasteiger partial charge in [0.15, 0.2) is 0 Å². The Kier molecular flexibility index (Phi) is 3.14. The van der Waals surface area contributed by atoms with Crippen molar-refractivity contribution in [3.63, 3.8) is 0 Å². The van der Waals surface area contributed by atoms with E-state index in [1.807, 2.05) is 0 Å². The van der Waals surface area contributed by atoms with Crippen molar-refractivity contribution in [2.75, 3.05) is 6.61 Å². The first-order valence-corrected chi connectivity index (χ1v) is 5.81. The minimum absolute atomic E-state index is 0.262. The van der Waals surface area contributed by atoms with Crippen molar-refractivity contribution in [2.24, 2.45) is 0 Å². The van der Waals surface area contributed by atoms with Gasteiger partial charge in [-0.25, -0.2) is 4.79 Å². The lowest BCUT2D eigenvalue weighted by molar-refractivity contribution is -0.155. The van der Waals surface area contributed by atoms with E-state index in [0.29, 0.717) is 25.9 Å². The van der Waals surface area contributed by atoms with Gasteiger partial charge in [-0.05, 0) is 38.5 Å². The highest BCUT2D eigenvalue weighted by Gasteiger charge is 2.46. The molecule has 0 aromatic carbocycles. The van der Waals surface area contributed by atoms with Gasteiger partial charge >= 0.3 is 5.97 Å². The number of hydrogen-bond donors (Lipinski definition) is 2. The summed E-state index contributed by atoms with van der Waals surface area (Å²) in [5.74, 6) is -1.19. The first kappa shape index (κ1) is 11.4. The molecule has 2 aliphatic rings. The Morgan fingerprint density at radius 3 is 2.44 bits per heavy atom. The van der Waals surface area contributed by atoms with Crippen LogP contribution in [0, 0.1) is 0 Å². The molecular weight excluding hydrogens is 210 g/mol. The van der Waals surface area contributed by atoms with Gasteiger partial charge in [0.1, 0.15) is 11.6 Å². The predicted octanol–water partition coefficient (Wildman–Crippen LogP) is 0.679. The topological polar surface area (TPSA) is 75.6 Å².